The van der Waals surface area contributed by atoms with Crippen LogP contribution >= 0.6 is 0 Å². The molecule has 2 fully saturated rings. The highest BCUT2D eigenvalue weighted by Crippen LogP contribution is 2.39. The number of nitrogens with one attached hydrogen (secondary N) is 1. The minimum atomic E-state index is -0.974. The van der Waals surface area contributed by atoms with Gasteiger partial charge in [-0.3, -0.25) is 19.3 Å². The lowest BCUT2D eigenvalue weighted by Crippen LogP contribution is -2.59. The van der Waals surface area contributed by atoms with Crippen molar-refractivity contribution in [3.8, 4) is 5.75 Å². The molecule has 8 heteroatoms. The normalized spacial score (nSPS) is 18.1. The van der Waals surface area contributed by atoms with Crippen LogP contribution in [0.25, 0.3) is 0 Å². The molecule has 5 rings (SSSR count). The second kappa shape index (κ2) is 11.7. The SMILES string of the molecule is COc1cccc(C(=O)N2[C@H](C(=O)NCc3ccccc3)COC23CCN(C(=O)Cc2ccccc2)CC3)c1. The molecule has 2 saturated heterocycles. The van der Waals surface area contributed by atoms with Gasteiger partial charge in [0.05, 0.1) is 20.1 Å². The smallest absolute Gasteiger partial charge is 0.257 e. The zero-order chi connectivity index (χ0) is 27.2. The average molecular weight is 528 g/mol. The number of hydrogen-bond donors (Lipinski definition) is 1. The van der Waals surface area contributed by atoms with E-state index in [4.69, 9.17) is 9.47 Å². The summed E-state index contributed by atoms with van der Waals surface area (Å²) >= 11 is 0. The number of ether oxygens (including phenoxy) is 2. The Morgan fingerprint density at radius 1 is 0.923 bits per heavy atom. The molecule has 3 aromatic carbocycles. The number of nitrogens with zero attached hydrogens (tertiary/aromatic N) is 2. The van der Waals surface area contributed by atoms with Crippen LogP contribution < -0.4 is 10.1 Å². The molecule has 0 aromatic heterocycles. The molecule has 1 atom stereocenters. The number of amides is 3. The third-order valence-electron chi connectivity index (χ3n) is 7.50. The topological polar surface area (TPSA) is 88.2 Å². The molecule has 3 aromatic rings. The van der Waals surface area contributed by atoms with E-state index >= 15 is 0 Å². The van der Waals surface area contributed by atoms with Crippen LogP contribution in [0.3, 0.4) is 0 Å². The molecule has 0 unspecified atom stereocenters. The number of benzene rings is 3. The minimum Gasteiger partial charge on any atom is -0.497 e. The van der Waals surface area contributed by atoms with Crippen molar-refractivity contribution in [1.29, 1.82) is 0 Å². The number of rotatable bonds is 7. The van der Waals surface area contributed by atoms with E-state index in [-0.39, 0.29) is 24.3 Å². The van der Waals surface area contributed by atoms with Crippen LogP contribution in [0.5, 0.6) is 5.75 Å². The quantitative estimate of drug-likeness (QED) is 0.509. The fourth-order valence-electron chi connectivity index (χ4n) is 5.35. The van der Waals surface area contributed by atoms with E-state index in [1.165, 1.54) is 0 Å². The van der Waals surface area contributed by atoms with E-state index in [0.717, 1.165) is 11.1 Å². The molecule has 3 amide bonds. The van der Waals surface area contributed by atoms with Gasteiger partial charge in [0.1, 0.15) is 17.5 Å². The zero-order valence-corrected chi connectivity index (χ0v) is 22.0. The maximum Gasteiger partial charge on any atom is 0.257 e. The molecule has 0 radical (unpaired) electrons. The van der Waals surface area contributed by atoms with Crippen LogP contribution in [-0.2, 0) is 27.3 Å². The second-order valence-corrected chi connectivity index (χ2v) is 9.93. The first-order chi connectivity index (χ1) is 19.0. The lowest BCUT2D eigenvalue weighted by Gasteiger charge is -2.44. The number of piperidine rings is 1. The number of hydrogen-bond acceptors (Lipinski definition) is 5. The molecule has 1 spiro atoms. The Labute approximate surface area is 228 Å². The van der Waals surface area contributed by atoms with Crippen LogP contribution in [0.1, 0.15) is 34.3 Å². The maximum absolute atomic E-state index is 14.0. The average Bonchev–Trinajstić information content (AvgIpc) is 3.35. The van der Waals surface area contributed by atoms with Crippen molar-refractivity contribution in [1.82, 2.24) is 15.1 Å². The van der Waals surface area contributed by atoms with E-state index in [9.17, 15) is 14.4 Å². The molecule has 202 valence electrons. The maximum atomic E-state index is 14.0. The second-order valence-electron chi connectivity index (χ2n) is 9.93. The summed E-state index contributed by atoms with van der Waals surface area (Å²) in [5.41, 5.74) is 1.38. The fourth-order valence-corrected chi connectivity index (χ4v) is 5.35. The molecule has 2 aliphatic heterocycles. The predicted molar refractivity (Wildman–Crippen MR) is 146 cm³/mol. The summed E-state index contributed by atoms with van der Waals surface area (Å²) in [5.74, 6) is 0.0307. The molecule has 0 aliphatic carbocycles. The Hall–Kier alpha value is -4.17. The number of carbonyl (C=O) groups is 3. The van der Waals surface area contributed by atoms with Gasteiger partial charge in [0, 0.05) is 38.0 Å². The van der Waals surface area contributed by atoms with Crippen molar-refractivity contribution < 1.29 is 23.9 Å². The van der Waals surface area contributed by atoms with Crippen LogP contribution in [0.15, 0.2) is 84.9 Å². The predicted octanol–water partition coefficient (Wildman–Crippen LogP) is 3.41. The fraction of sp³-hybridized carbons (Fsp3) is 0.323. The molecular formula is C31H33N3O5. The highest BCUT2D eigenvalue weighted by Gasteiger charge is 2.54. The first-order valence-corrected chi connectivity index (χ1v) is 13.2. The number of carbonyl (C=O) groups excluding carboxylic acids is 3. The van der Waals surface area contributed by atoms with Gasteiger partial charge in [-0.1, -0.05) is 66.7 Å². The summed E-state index contributed by atoms with van der Waals surface area (Å²) in [5, 5.41) is 2.97. The first-order valence-electron chi connectivity index (χ1n) is 13.2. The van der Waals surface area contributed by atoms with Gasteiger partial charge in [0.25, 0.3) is 5.91 Å². The molecule has 2 aliphatic rings. The van der Waals surface area contributed by atoms with Crippen molar-refractivity contribution in [2.24, 2.45) is 0 Å². The van der Waals surface area contributed by atoms with Gasteiger partial charge in [-0.2, -0.15) is 0 Å². The monoisotopic (exact) mass is 527 g/mol. The molecule has 0 bridgehead atoms. The van der Waals surface area contributed by atoms with Gasteiger partial charge in [-0.05, 0) is 29.3 Å². The lowest BCUT2D eigenvalue weighted by molar-refractivity contribution is -0.143. The van der Waals surface area contributed by atoms with Crippen LogP contribution in [0.2, 0.25) is 0 Å². The number of likely N-dealkylation sites (tertiary alicyclic amines) is 1. The van der Waals surface area contributed by atoms with E-state index in [1.54, 1.807) is 36.3 Å². The van der Waals surface area contributed by atoms with Crippen molar-refractivity contribution in [3.63, 3.8) is 0 Å². The summed E-state index contributed by atoms with van der Waals surface area (Å²) in [7, 11) is 1.55. The minimum absolute atomic E-state index is 0.0388. The van der Waals surface area contributed by atoms with Gasteiger partial charge < -0.3 is 19.7 Å². The van der Waals surface area contributed by atoms with Crippen molar-refractivity contribution in [2.75, 3.05) is 26.8 Å². The van der Waals surface area contributed by atoms with E-state index in [2.05, 4.69) is 5.32 Å². The van der Waals surface area contributed by atoms with E-state index in [1.807, 2.05) is 65.6 Å². The molecule has 8 nitrogen and oxygen atoms in total. The third-order valence-corrected chi connectivity index (χ3v) is 7.50. The summed E-state index contributed by atoms with van der Waals surface area (Å²) in [4.78, 5) is 43.8. The largest absolute Gasteiger partial charge is 0.497 e. The summed E-state index contributed by atoms with van der Waals surface area (Å²) in [6, 6.07) is 25.4. The number of methoxy groups -OCH3 is 1. The lowest BCUT2D eigenvalue weighted by atomic mass is 9.96. The highest BCUT2D eigenvalue weighted by molar-refractivity contribution is 5.98. The highest BCUT2D eigenvalue weighted by atomic mass is 16.5. The van der Waals surface area contributed by atoms with Crippen LogP contribution in [-0.4, -0.2) is 66.1 Å². The van der Waals surface area contributed by atoms with Crippen LogP contribution in [0, 0.1) is 0 Å². The van der Waals surface area contributed by atoms with Crippen molar-refractivity contribution in [3.05, 3.63) is 102 Å². The Balaban J connectivity index is 1.34. The van der Waals surface area contributed by atoms with Gasteiger partial charge in [-0.15, -0.1) is 0 Å². The summed E-state index contributed by atoms with van der Waals surface area (Å²) in [6.45, 7) is 1.32. The van der Waals surface area contributed by atoms with E-state index < -0.39 is 11.8 Å². The standard InChI is InChI=1S/C31H33N3O5/c1-38-26-14-8-13-25(20-26)30(37)34-27(29(36)32-21-24-11-6-3-7-12-24)22-39-31(34)15-17-33(18-16-31)28(35)19-23-9-4-2-5-10-23/h2-14,20,27H,15-19,21-22H2,1H3,(H,32,36)/t27-/m0/s1. The van der Waals surface area contributed by atoms with Crippen molar-refractivity contribution >= 4 is 17.7 Å². The Morgan fingerprint density at radius 3 is 2.26 bits per heavy atom. The van der Waals surface area contributed by atoms with Crippen LogP contribution in [0.4, 0.5) is 0 Å². The molecule has 0 saturated carbocycles. The zero-order valence-electron chi connectivity index (χ0n) is 22.0. The summed E-state index contributed by atoms with van der Waals surface area (Å²) < 4.78 is 11.6. The van der Waals surface area contributed by atoms with Crippen molar-refractivity contribution in [2.45, 2.75) is 37.6 Å². The van der Waals surface area contributed by atoms with Gasteiger partial charge >= 0.3 is 0 Å². The third kappa shape index (κ3) is 5.81. The summed E-state index contributed by atoms with van der Waals surface area (Å²) in [6.07, 6.45) is 1.17. The van der Waals surface area contributed by atoms with Gasteiger partial charge in [0.15, 0.2) is 0 Å². The molecule has 2 heterocycles. The first kappa shape index (κ1) is 26.4. The van der Waals surface area contributed by atoms with Gasteiger partial charge in [0.2, 0.25) is 11.8 Å². The molecule has 39 heavy (non-hydrogen) atoms. The van der Waals surface area contributed by atoms with Gasteiger partial charge in [-0.25, -0.2) is 0 Å². The van der Waals surface area contributed by atoms with E-state index in [0.29, 0.717) is 50.2 Å². The Morgan fingerprint density at radius 2 is 1.59 bits per heavy atom. The Bertz CT molecular complexity index is 1310. The molecular weight excluding hydrogens is 494 g/mol. The Kier molecular flexibility index (Phi) is 7.93. The molecule has 1 N–H and O–H groups in total.